The van der Waals surface area contributed by atoms with Gasteiger partial charge in [-0.3, -0.25) is 4.99 Å². The molecule has 0 amide bonds. The quantitative estimate of drug-likeness (QED) is 0.894. The van der Waals surface area contributed by atoms with E-state index in [2.05, 4.69) is 24.2 Å². The van der Waals surface area contributed by atoms with Crippen LogP contribution in [0.15, 0.2) is 23.2 Å². The summed E-state index contributed by atoms with van der Waals surface area (Å²) in [6.45, 7) is 4.37. The molecule has 5 heteroatoms. The number of nitrogens with zero attached hydrogens (tertiary/aromatic N) is 1. The highest BCUT2D eigenvalue weighted by molar-refractivity contribution is 8.14. The Bertz CT molecular complexity index is 464. The van der Waals surface area contributed by atoms with Gasteiger partial charge in [0.05, 0.1) is 18.2 Å². The summed E-state index contributed by atoms with van der Waals surface area (Å²) >= 11 is 7.84. The molecule has 1 heterocycles. The molecular weight excluding hydrogens is 268 g/mol. The van der Waals surface area contributed by atoms with Gasteiger partial charge in [0.2, 0.25) is 0 Å². The largest absolute Gasteiger partial charge is 0.495 e. The van der Waals surface area contributed by atoms with Crippen LogP contribution in [0.25, 0.3) is 0 Å². The molecule has 1 aliphatic rings. The maximum absolute atomic E-state index is 6.09. The molecule has 1 aromatic carbocycles. The molecule has 0 spiro atoms. The fourth-order valence-electron chi connectivity index (χ4n) is 1.64. The van der Waals surface area contributed by atoms with Crippen LogP contribution >= 0.6 is 23.4 Å². The van der Waals surface area contributed by atoms with Crippen LogP contribution < -0.4 is 10.1 Å². The Labute approximate surface area is 117 Å². The van der Waals surface area contributed by atoms with Gasteiger partial charge in [-0.15, -0.1) is 0 Å². The third kappa shape index (κ3) is 3.12. The predicted molar refractivity (Wildman–Crippen MR) is 80.1 cm³/mol. The number of nitrogens with one attached hydrogen (secondary N) is 1. The van der Waals surface area contributed by atoms with Gasteiger partial charge in [-0.2, -0.15) is 0 Å². The first-order valence-corrected chi connectivity index (χ1v) is 7.27. The molecule has 2 rings (SSSR count). The van der Waals surface area contributed by atoms with E-state index in [1.165, 1.54) is 0 Å². The zero-order valence-electron chi connectivity index (χ0n) is 10.7. The van der Waals surface area contributed by atoms with E-state index in [1.54, 1.807) is 18.9 Å². The lowest BCUT2D eigenvalue weighted by atomic mass is 10.1. The molecule has 1 aliphatic heterocycles. The van der Waals surface area contributed by atoms with E-state index in [0.717, 1.165) is 16.6 Å². The standard InChI is InChI=1S/C13H17ClN2OS/c1-8-7-18-13(15-9(8)2)16-10-4-5-12(17-3)11(14)6-10/h4-6,8-9H,7H2,1-3H3,(H,15,16). The molecule has 0 bridgehead atoms. The SMILES string of the molecule is COc1ccc(NC2=NC(C)C(C)CS2)cc1Cl. The summed E-state index contributed by atoms with van der Waals surface area (Å²) in [6.07, 6.45) is 0. The van der Waals surface area contributed by atoms with Crippen LogP contribution in [0.4, 0.5) is 5.69 Å². The minimum atomic E-state index is 0.363. The number of anilines is 1. The van der Waals surface area contributed by atoms with Crippen molar-refractivity contribution < 1.29 is 4.74 Å². The van der Waals surface area contributed by atoms with Crippen LogP contribution in [0.2, 0.25) is 5.02 Å². The lowest BCUT2D eigenvalue weighted by Gasteiger charge is -2.23. The van der Waals surface area contributed by atoms with E-state index in [9.17, 15) is 0 Å². The summed E-state index contributed by atoms with van der Waals surface area (Å²) in [5.41, 5.74) is 0.939. The fourth-order valence-corrected chi connectivity index (χ4v) is 3.02. The second-order valence-electron chi connectivity index (χ2n) is 4.44. The van der Waals surface area contributed by atoms with Gasteiger partial charge in [0.25, 0.3) is 0 Å². The van der Waals surface area contributed by atoms with Crippen LogP contribution in [0.3, 0.4) is 0 Å². The first-order chi connectivity index (χ1) is 8.60. The van der Waals surface area contributed by atoms with Gasteiger partial charge in [-0.25, -0.2) is 0 Å². The Morgan fingerprint density at radius 3 is 2.83 bits per heavy atom. The third-order valence-corrected chi connectivity index (χ3v) is 4.50. The number of halogens is 1. The van der Waals surface area contributed by atoms with Gasteiger partial charge >= 0.3 is 0 Å². The van der Waals surface area contributed by atoms with Crippen molar-refractivity contribution in [1.29, 1.82) is 0 Å². The number of thioether (sulfide) groups is 1. The van der Waals surface area contributed by atoms with Crippen molar-refractivity contribution in [1.82, 2.24) is 0 Å². The number of rotatable bonds is 2. The maximum Gasteiger partial charge on any atom is 0.161 e. The first kappa shape index (κ1) is 13.6. The zero-order valence-corrected chi connectivity index (χ0v) is 12.3. The molecule has 2 atom stereocenters. The molecule has 0 aliphatic carbocycles. The summed E-state index contributed by atoms with van der Waals surface area (Å²) in [5.74, 6) is 2.40. The van der Waals surface area contributed by atoms with Gasteiger partial charge < -0.3 is 10.1 Å². The molecule has 2 unspecified atom stereocenters. The van der Waals surface area contributed by atoms with Crippen LogP contribution in [0, 0.1) is 5.92 Å². The highest BCUT2D eigenvalue weighted by atomic mass is 35.5. The second kappa shape index (κ2) is 5.85. The Balaban J connectivity index is 2.10. The Kier molecular flexibility index (Phi) is 4.40. The minimum absolute atomic E-state index is 0.363. The van der Waals surface area contributed by atoms with Crippen molar-refractivity contribution >= 4 is 34.2 Å². The molecule has 0 saturated heterocycles. The Morgan fingerprint density at radius 2 is 2.22 bits per heavy atom. The predicted octanol–water partition coefficient (Wildman–Crippen LogP) is 3.89. The van der Waals surface area contributed by atoms with Crippen molar-refractivity contribution in [3.05, 3.63) is 23.2 Å². The van der Waals surface area contributed by atoms with Crippen LogP contribution in [0.5, 0.6) is 5.75 Å². The molecule has 0 radical (unpaired) electrons. The summed E-state index contributed by atoms with van der Waals surface area (Å²) in [5, 5.41) is 4.86. The van der Waals surface area contributed by atoms with Crippen molar-refractivity contribution in [2.24, 2.45) is 10.9 Å². The Morgan fingerprint density at radius 1 is 1.44 bits per heavy atom. The van der Waals surface area contributed by atoms with Crippen molar-refractivity contribution in [2.75, 3.05) is 18.2 Å². The van der Waals surface area contributed by atoms with Crippen LogP contribution in [-0.4, -0.2) is 24.1 Å². The van der Waals surface area contributed by atoms with Gasteiger partial charge in [-0.1, -0.05) is 30.3 Å². The summed E-state index contributed by atoms with van der Waals surface area (Å²) in [4.78, 5) is 4.62. The van der Waals surface area contributed by atoms with E-state index >= 15 is 0 Å². The van der Waals surface area contributed by atoms with E-state index in [1.807, 2.05) is 18.2 Å². The molecular formula is C13H17ClN2OS. The lowest BCUT2D eigenvalue weighted by molar-refractivity contribution is 0.415. The smallest absolute Gasteiger partial charge is 0.161 e. The third-order valence-electron chi connectivity index (χ3n) is 3.03. The molecule has 1 aromatic rings. The van der Waals surface area contributed by atoms with Gasteiger partial charge in [0.1, 0.15) is 5.75 Å². The van der Waals surface area contributed by atoms with E-state index in [0.29, 0.717) is 22.7 Å². The van der Waals surface area contributed by atoms with Gasteiger partial charge in [0, 0.05) is 11.4 Å². The number of hydrogen-bond donors (Lipinski definition) is 1. The van der Waals surface area contributed by atoms with Crippen LogP contribution in [-0.2, 0) is 0 Å². The zero-order chi connectivity index (χ0) is 13.1. The summed E-state index contributed by atoms with van der Waals surface area (Å²) in [6, 6.07) is 6.01. The highest BCUT2D eigenvalue weighted by Gasteiger charge is 2.19. The molecule has 1 N–H and O–H groups in total. The molecule has 3 nitrogen and oxygen atoms in total. The van der Waals surface area contributed by atoms with Crippen molar-refractivity contribution in [3.63, 3.8) is 0 Å². The van der Waals surface area contributed by atoms with E-state index < -0.39 is 0 Å². The number of aliphatic imine (C=N–C) groups is 1. The average Bonchev–Trinajstić information content (AvgIpc) is 2.34. The lowest BCUT2D eigenvalue weighted by Crippen LogP contribution is -2.25. The summed E-state index contributed by atoms with van der Waals surface area (Å²) in [7, 11) is 1.61. The van der Waals surface area contributed by atoms with Gasteiger partial charge in [0.15, 0.2) is 5.17 Å². The topological polar surface area (TPSA) is 33.6 Å². The fraction of sp³-hybridized carbons (Fsp3) is 0.462. The number of ether oxygens (including phenoxy) is 1. The number of methoxy groups -OCH3 is 1. The second-order valence-corrected chi connectivity index (χ2v) is 5.85. The molecule has 18 heavy (non-hydrogen) atoms. The maximum atomic E-state index is 6.09. The van der Waals surface area contributed by atoms with E-state index in [4.69, 9.17) is 16.3 Å². The molecule has 0 saturated carbocycles. The summed E-state index contributed by atoms with van der Waals surface area (Å²) < 4.78 is 5.13. The molecule has 0 aromatic heterocycles. The number of benzene rings is 1. The number of amidine groups is 1. The normalized spacial score (nSPS) is 23.4. The van der Waals surface area contributed by atoms with Crippen molar-refractivity contribution in [2.45, 2.75) is 19.9 Å². The molecule has 0 fully saturated rings. The van der Waals surface area contributed by atoms with Gasteiger partial charge in [-0.05, 0) is 31.0 Å². The Hall–Kier alpha value is -0.870. The minimum Gasteiger partial charge on any atom is -0.495 e. The van der Waals surface area contributed by atoms with Crippen LogP contribution in [0.1, 0.15) is 13.8 Å². The monoisotopic (exact) mass is 284 g/mol. The van der Waals surface area contributed by atoms with Crippen molar-refractivity contribution in [3.8, 4) is 5.75 Å². The van der Waals surface area contributed by atoms with E-state index in [-0.39, 0.29) is 0 Å². The first-order valence-electron chi connectivity index (χ1n) is 5.91. The number of hydrogen-bond acceptors (Lipinski definition) is 4. The average molecular weight is 285 g/mol. The molecule has 98 valence electrons. The highest BCUT2D eigenvalue weighted by Crippen LogP contribution is 2.29.